The zero-order chi connectivity index (χ0) is 11.4. The Morgan fingerprint density at radius 2 is 2.06 bits per heavy atom. The Hall–Kier alpha value is -1.64. The molecule has 0 amide bonds. The van der Waals surface area contributed by atoms with Crippen LogP contribution >= 0.6 is 0 Å². The minimum absolute atomic E-state index is 0.0569. The van der Waals surface area contributed by atoms with Crippen LogP contribution in [0.2, 0.25) is 0 Å². The number of carbonyl (C=O) groups excluding carboxylic acids is 2. The third kappa shape index (κ3) is 2.69. The van der Waals surface area contributed by atoms with Gasteiger partial charge in [0.15, 0.2) is 11.9 Å². The van der Waals surface area contributed by atoms with Gasteiger partial charge in [0, 0.05) is 6.42 Å². The molecule has 84 valence electrons. The molecule has 0 heterocycles. The molecular formula is C13H14O3. The van der Waals surface area contributed by atoms with E-state index >= 15 is 0 Å². The molecule has 1 atom stereocenters. The number of ketones is 1. The highest BCUT2D eigenvalue weighted by Crippen LogP contribution is 2.18. The summed E-state index contributed by atoms with van der Waals surface area (Å²) in [6.07, 6.45) is 1.81. The monoisotopic (exact) mass is 218 g/mol. The van der Waals surface area contributed by atoms with E-state index in [1.807, 2.05) is 30.3 Å². The molecule has 1 aromatic rings. The standard InChI is InChI=1S/C13H14O3/c14-11-7-4-8-12(11)16-13(15)9-10-5-2-1-3-6-10/h1-3,5-6,12H,4,7-9H2. The molecule has 0 bridgehead atoms. The molecule has 1 aliphatic rings. The fourth-order valence-corrected chi connectivity index (χ4v) is 1.87. The molecule has 0 radical (unpaired) electrons. The Morgan fingerprint density at radius 3 is 2.69 bits per heavy atom. The molecule has 3 heteroatoms. The fraction of sp³-hybridized carbons (Fsp3) is 0.385. The molecule has 1 saturated carbocycles. The summed E-state index contributed by atoms with van der Waals surface area (Å²) in [5.74, 6) is -0.257. The molecular weight excluding hydrogens is 204 g/mol. The molecule has 0 spiro atoms. The number of benzene rings is 1. The van der Waals surface area contributed by atoms with Crippen molar-refractivity contribution >= 4 is 11.8 Å². The van der Waals surface area contributed by atoms with Gasteiger partial charge >= 0.3 is 5.97 Å². The summed E-state index contributed by atoms with van der Waals surface area (Å²) in [4.78, 5) is 22.8. The fourth-order valence-electron chi connectivity index (χ4n) is 1.87. The average molecular weight is 218 g/mol. The van der Waals surface area contributed by atoms with E-state index in [-0.39, 0.29) is 18.2 Å². The highest BCUT2D eigenvalue weighted by atomic mass is 16.5. The first-order valence-corrected chi connectivity index (χ1v) is 5.52. The van der Waals surface area contributed by atoms with Crippen molar-refractivity contribution in [2.45, 2.75) is 31.8 Å². The van der Waals surface area contributed by atoms with Crippen LogP contribution in [0.15, 0.2) is 30.3 Å². The molecule has 3 nitrogen and oxygen atoms in total. The first kappa shape index (κ1) is 10.9. The van der Waals surface area contributed by atoms with Gasteiger partial charge in [-0.1, -0.05) is 30.3 Å². The van der Waals surface area contributed by atoms with Gasteiger partial charge in [0.25, 0.3) is 0 Å². The van der Waals surface area contributed by atoms with Crippen LogP contribution in [0.5, 0.6) is 0 Å². The third-order valence-electron chi connectivity index (χ3n) is 2.71. The van der Waals surface area contributed by atoms with E-state index in [4.69, 9.17) is 4.74 Å². The number of hydrogen-bond acceptors (Lipinski definition) is 3. The summed E-state index contributed by atoms with van der Waals surface area (Å²) in [7, 11) is 0. The molecule has 0 aliphatic heterocycles. The molecule has 2 rings (SSSR count). The first-order valence-electron chi connectivity index (χ1n) is 5.52. The van der Waals surface area contributed by atoms with Crippen LogP contribution in [0.25, 0.3) is 0 Å². The van der Waals surface area contributed by atoms with Crippen LogP contribution in [0.4, 0.5) is 0 Å². The Labute approximate surface area is 94.4 Å². The number of esters is 1. The zero-order valence-corrected chi connectivity index (χ0v) is 9.02. The van der Waals surface area contributed by atoms with Gasteiger partial charge in [-0.15, -0.1) is 0 Å². The maximum atomic E-state index is 11.5. The predicted octanol–water partition coefficient (Wildman–Crippen LogP) is 1.89. The second-order valence-corrected chi connectivity index (χ2v) is 4.00. The maximum Gasteiger partial charge on any atom is 0.310 e. The van der Waals surface area contributed by atoms with Crippen molar-refractivity contribution in [1.29, 1.82) is 0 Å². The Morgan fingerprint density at radius 1 is 1.31 bits per heavy atom. The second-order valence-electron chi connectivity index (χ2n) is 4.00. The largest absolute Gasteiger partial charge is 0.454 e. The van der Waals surface area contributed by atoms with Crippen molar-refractivity contribution in [1.82, 2.24) is 0 Å². The van der Waals surface area contributed by atoms with Gasteiger partial charge in [-0.3, -0.25) is 9.59 Å². The van der Waals surface area contributed by atoms with Crippen LogP contribution in [0.1, 0.15) is 24.8 Å². The summed E-state index contributed by atoms with van der Waals surface area (Å²) in [5, 5.41) is 0. The summed E-state index contributed by atoms with van der Waals surface area (Å²) in [6.45, 7) is 0. The van der Waals surface area contributed by atoms with Crippen LogP contribution in [-0.2, 0) is 20.7 Å². The van der Waals surface area contributed by atoms with Crippen molar-refractivity contribution in [2.75, 3.05) is 0 Å². The Balaban J connectivity index is 1.87. The number of rotatable bonds is 3. The quantitative estimate of drug-likeness (QED) is 0.728. The minimum atomic E-state index is -0.490. The lowest BCUT2D eigenvalue weighted by atomic mass is 10.1. The second kappa shape index (κ2) is 4.92. The van der Waals surface area contributed by atoms with E-state index in [1.165, 1.54) is 0 Å². The van der Waals surface area contributed by atoms with Gasteiger partial charge in [-0.05, 0) is 18.4 Å². The molecule has 0 aromatic heterocycles. The van der Waals surface area contributed by atoms with Crippen LogP contribution < -0.4 is 0 Å². The molecule has 1 fully saturated rings. The van der Waals surface area contributed by atoms with Crippen LogP contribution in [0, 0.1) is 0 Å². The summed E-state index contributed by atoms with van der Waals surface area (Å²) < 4.78 is 5.14. The summed E-state index contributed by atoms with van der Waals surface area (Å²) in [6, 6.07) is 9.40. The Bertz CT molecular complexity index is 383. The van der Waals surface area contributed by atoms with Crippen molar-refractivity contribution < 1.29 is 14.3 Å². The van der Waals surface area contributed by atoms with Crippen LogP contribution in [-0.4, -0.2) is 17.9 Å². The molecule has 0 saturated heterocycles. The van der Waals surface area contributed by atoms with E-state index in [2.05, 4.69) is 0 Å². The zero-order valence-electron chi connectivity index (χ0n) is 9.02. The number of hydrogen-bond donors (Lipinski definition) is 0. The number of carbonyl (C=O) groups is 2. The van der Waals surface area contributed by atoms with Gasteiger partial charge in [0.2, 0.25) is 0 Å². The molecule has 0 N–H and O–H groups in total. The SMILES string of the molecule is O=C(Cc1ccccc1)OC1CCCC1=O. The van der Waals surface area contributed by atoms with E-state index in [1.54, 1.807) is 0 Å². The van der Waals surface area contributed by atoms with Gasteiger partial charge in [-0.25, -0.2) is 0 Å². The number of Topliss-reactive ketones (excluding diaryl/α,β-unsaturated/α-hetero) is 1. The first-order chi connectivity index (χ1) is 7.75. The summed E-state index contributed by atoms with van der Waals surface area (Å²) in [5.41, 5.74) is 0.915. The topological polar surface area (TPSA) is 43.4 Å². The lowest BCUT2D eigenvalue weighted by molar-refractivity contribution is -0.152. The van der Waals surface area contributed by atoms with Crippen molar-refractivity contribution in [3.63, 3.8) is 0 Å². The van der Waals surface area contributed by atoms with Crippen molar-refractivity contribution in [2.24, 2.45) is 0 Å². The molecule has 16 heavy (non-hydrogen) atoms. The van der Waals surface area contributed by atoms with Gasteiger partial charge in [0.1, 0.15) is 0 Å². The highest BCUT2D eigenvalue weighted by Gasteiger charge is 2.27. The third-order valence-corrected chi connectivity index (χ3v) is 2.71. The van der Waals surface area contributed by atoms with Gasteiger partial charge in [-0.2, -0.15) is 0 Å². The lowest BCUT2D eigenvalue weighted by Crippen LogP contribution is -2.22. The van der Waals surface area contributed by atoms with Crippen molar-refractivity contribution in [3.8, 4) is 0 Å². The smallest absolute Gasteiger partial charge is 0.310 e. The van der Waals surface area contributed by atoms with E-state index < -0.39 is 6.10 Å². The van der Waals surface area contributed by atoms with E-state index in [0.717, 1.165) is 12.0 Å². The van der Waals surface area contributed by atoms with Crippen LogP contribution in [0.3, 0.4) is 0 Å². The lowest BCUT2D eigenvalue weighted by Gasteiger charge is -2.09. The maximum absolute atomic E-state index is 11.5. The van der Waals surface area contributed by atoms with Gasteiger partial charge < -0.3 is 4.74 Å². The molecule has 1 unspecified atom stereocenters. The normalized spacial score (nSPS) is 19.8. The van der Waals surface area contributed by atoms with Crippen molar-refractivity contribution in [3.05, 3.63) is 35.9 Å². The average Bonchev–Trinajstić information content (AvgIpc) is 2.66. The minimum Gasteiger partial charge on any atom is -0.454 e. The summed E-state index contributed by atoms with van der Waals surface area (Å²) >= 11 is 0. The molecule has 1 aliphatic carbocycles. The van der Waals surface area contributed by atoms with E-state index in [0.29, 0.717) is 12.8 Å². The highest BCUT2D eigenvalue weighted by molar-refractivity contribution is 5.87. The van der Waals surface area contributed by atoms with E-state index in [9.17, 15) is 9.59 Å². The number of ether oxygens (including phenoxy) is 1. The van der Waals surface area contributed by atoms with Gasteiger partial charge in [0.05, 0.1) is 6.42 Å². The molecule has 1 aromatic carbocycles. The predicted molar refractivity (Wildman–Crippen MR) is 58.9 cm³/mol. The Kier molecular flexibility index (Phi) is 3.34.